The predicted octanol–water partition coefficient (Wildman–Crippen LogP) is 2.02. The molecule has 28 heavy (non-hydrogen) atoms. The topological polar surface area (TPSA) is 110 Å². The second kappa shape index (κ2) is 14.7. The summed E-state index contributed by atoms with van der Waals surface area (Å²) >= 11 is 1.25. The molecule has 0 aromatic heterocycles. The van der Waals surface area contributed by atoms with E-state index in [1.807, 2.05) is 13.8 Å². The summed E-state index contributed by atoms with van der Waals surface area (Å²) in [4.78, 5) is 45.8. The summed E-state index contributed by atoms with van der Waals surface area (Å²) in [6, 6.07) is -0.552. The normalized spacial score (nSPS) is 17.1. The molecule has 1 aliphatic rings. The van der Waals surface area contributed by atoms with Gasteiger partial charge in [0, 0.05) is 25.1 Å². The average molecular weight is 418 g/mol. The smallest absolute Gasteiger partial charge is 0.240 e. The van der Waals surface area contributed by atoms with Gasteiger partial charge < -0.3 is 15.4 Å². The number of Topliss-reactive ketones (excluding diaryl/α,β-unsaturated/α-hetero) is 2. The van der Waals surface area contributed by atoms with Gasteiger partial charge in [-0.25, -0.2) is 0 Å². The zero-order chi connectivity index (χ0) is 22.5. The van der Waals surface area contributed by atoms with Gasteiger partial charge in [0.05, 0.1) is 11.3 Å². The lowest BCUT2D eigenvalue weighted by Gasteiger charge is -2.28. The maximum absolute atomic E-state index is 11.1. The van der Waals surface area contributed by atoms with Crippen molar-refractivity contribution in [2.45, 2.75) is 72.6 Å². The van der Waals surface area contributed by atoms with Gasteiger partial charge in [-0.2, -0.15) is 0 Å². The van der Waals surface area contributed by atoms with Crippen LogP contribution in [-0.4, -0.2) is 65.5 Å². The van der Waals surface area contributed by atoms with Crippen molar-refractivity contribution in [2.75, 3.05) is 25.9 Å². The Morgan fingerprint density at radius 2 is 1.82 bits per heavy atom. The van der Waals surface area contributed by atoms with E-state index in [4.69, 9.17) is 5.73 Å². The van der Waals surface area contributed by atoms with Crippen molar-refractivity contribution in [2.24, 2.45) is 11.1 Å². The van der Waals surface area contributed by atoms with Crippen LogP contribution in [0.15, 0.2) is 0 Å². The largest absolute Gasteiger partial charge is 0.321 e. The number of thioether (sulfide) groups is 1. The Bertz CT molecular complexity index is 524. The van der Waals surface area contributed by atoms with E-state index in [0.29, 0.717) is 12.2 Å². The molecule has 8 heteroatoms. The van der Waals surface area contributed by atoms with Gasteiger partial charge in [-0.1, -0.05) is 34.6 Å². The highest BCUT2D eigenvalue weighted by molar-refractivity contribution is 8.00. The molecular weight excluding hydrogens is 378 g/mol. The minimum absolute atomic E-state index is 0.109. The van der Waals surface area contributed by atoms with Gasteiger partial charge in [0.1, 0.15) is 11.6 Å². The first-order valence-corrected chi connectivity index (χ1v) is 10.8. The summed E-state index contributed by atoms with van der Waals surface area (Å²) in [6.45, 7) is 15.5. The third-order valence-corrected chi connectivity index (χ3v) is 5.22. The third-order valence-electron chi connectivity index (χ3n) is 3.89. The molecule has 2 unspecified atom stereocenters. The monoisotopic (exact) mass is 417 g/mol. The summed E-state index contributed by atoms with van der Waals surface area (Å²) in [5.74, 6) is 0.00660. The quantitative estimate of drug-likeness (QED) is 0.552. The van der Waals surface area contributed by atoms with Gasteiger partial charge in [-0.15, -0.1) is 11.8 Å². The molecule has 0 aromatic carbocycles. The number of carbonyl (C=O) groups excluding carboxylic acids is 4. The van der Waals surface area contributed by atoms with E-state index in [1.54, 1.807) is 6.92 Å². The van der Waals surface area contributed by atoms with Crippen LogP contribution in [0.25, 0.3) is 0 Å². The SMILES string of the molecule is CC.CC(=O)C(N)CSC1CC(=O)NC1=O.CCN(C)CC(C)(C)CC(C)=O. The van der Waals surface area contributed by atoms with Crippen LogP contribution < -0.4 is 11.1 Å². The van der Waals surface area contributed by atoms with E-state index in [0.717, 1.165) is 13.1 Å². The number of amides is 2. The van der Waals surface area contributed by atoms with Gasteiger partial charge >= 0.3 is 0 Å². The minimum atomic E-state index is -0.552. The summed E-state index contributed by atoms with van der Waals surface area (Å²) in [5, 5.41) is 1.81. The van der Waals surface area contributed by atoms with Crippen molar-refractivity contribution in [1.82, 2.24) is 10.2 Å². The minimum Gasteiger partial charge on any atom is -0.321 e. The molecule has 0 aromatic rings. The van der Waals surface area contributed by atoms with Crippen LogP contribution in [0.3, 0.4) is 0 Å². The standard InChI is InChI=1S/C10H21NO.C8H12N2O3S.C2H6/c1-6-11(5)8-10(3,4)7-9(2)12;1-4(11)5(9)3-14-6-2-7(12)10-8(6)13;1-2/h6-8H2,1-5H3;5-6H,2-3,9H2,1H3,(H,10,12,13);1-2H3. The van der Waals surface area contributed by atoms with Gasteiger partial charge in [0.2, 0.25) is 11.8 Å². The van der Waals surface area contributed by atoms with E-state index in [-0.39, 0.29) is 40.5 Å². The van der Waals surface area contributed by atoms with Crippen molar-refractivity contribution in [3.8, 4) is 0 Å². The number of ketones is 2. The second-order valence-electron chi connectivity index (χ2n) is 7.53. The Hall–Kier alpha value is -1.25. The number of imide groups is 1. The van der Waals surface area contributed by atoms with Crippen molar-refractivity contribution < 1.29 is 19.2 Å². The first-order chi connectivity index (χ1) is 12.9. The molecule has 0 saturated carbocycles. The molecule has 0 aliphatic carbocycles. The highest BCUT2D eigenvalue weighted by atomic mass is 32.2. The van der Waals surface area contributed by atoms with Gasteiger partial charge in [0.25, 0.3) is 0 Å². The average Bonchev–Trinajstić information content (AvgIpc) is 2.90. The van der Waals surface area contributed by atoms with Crippen molar-refractivity contribution in [3.05, 3.63) is 0 Å². The molecule has 164 valence electrons. The van der Waals surface area contributed by atoms with Gasteiger partial charge in [-0.05, 0) is 32.9 Å². The maximum atomic E-state index is 11.1. The van der Waals surface area contributed by atoms with E-state index >= 15 is 0 Å². The first kappa shape index (κ1) is 29.0. The summed E-state index contributed by atoms with van der Waals surface area (Å²) in [5.41, 5.74) is 5.61. The molecular formula is C20H39N3O4S. The first-order valence-electron chi connectivity index (χ1n) is 9.77. The molecule has 2 amide bonds. The highest BCUT2D eigenvalue weighted by Crippen LogP contribution is 2.21. The van der Waals surface area contributed by atoms with Crippen LogP contribution in [0.1, 0.15) is 61.3 Å². The Kier molecular flexibility index (Phi) is 15.2. The van der Waals surface area contributed by atoms with Gasteiger partial charge in [0.15, 0.2) is 0 Å². The predicted molar refractivity (Wildman–Crippen MR) is 116 cm³/mol. The zero-order valence-electron chi connectivity index (χ0n) is 18.8. The molecule has 2 atom stereocenters. The highest BCUT2D eigenvalue weighted by Gasteiger charge is 2.31. The molecule has 1 fully saturated rings. The van der Waals surface area contributed by atoms with Crippen molar-refractivity contribution >= 4 is 35.1 Å². The summed E-state index contributed by atoms with van der Waals surface area (Å²) in [7, 11) is 2.09. The Morgan fingerprint density at radius 1 is 1.29 bits per heavy atom. The fraction of sp³-hybridized carbons (Fsp3) is 0.800. The maximum Gasteiger partial charge on any atom is 0.240 e. The molecule has 1 heterocycles. The number of carbonyl (C=O) groups is 4. The Balaban J connectivity index is 0. The van der Waals surface area contributed by atoms with Crippen molar-refractivity contribution in [1.29, 1.82) is 0 Å². The summed E-state index contributed by atoms with van der Waals surface area (Å²) < 4.78 is 0. The molecule has 7 nitrogen and oxygen atoms in total. The van der Waals surface area contributed by atoms with E-state index in [1.165, 1.54) is 18.7 Å². The van der Waals surface area contributed by atoms with Crippen LogP contribution in [0.4, 0.5) is 0 Å². The Morgan fingerprint density at radius 3 is 2.18 bits per heavy atom. The zero-order valence-corrected chi connectivity index (χ0v) is 19.6. The lowest BCUT2D eigenvalue weighted by Crippen LogP contribution is -2.32. The molecule has 1 aliphatic heterocycles. The number of rotatable bonds is 9. The number of hydrogen-bond acceptors (Lipinski definition) is 7. The van der Waals surface area contributed by atoms with E-state index < -0.39 is 6.04 Å². The molecule has 0 bridgehead atoms. The third kappa shape index (κ3) is 13.8. The number of nitrogens with zero attached hydrogens (tertiary/aromatic N) is 1. The lowest BCUT2D eigenvalue weighted by atomic mass is 9.87. The number of nitrogens with two attached hydrogens (primary N) is 1. The Labute approximate surface area is 174 Å². The van der Waals surface area contributed by atoms with Crippen LogP contribution in [0.2, 0.25) is 0 Å². The van der Waals surface area contributed by atoms with Crippen LogP contribution in [-0.2, 0) is 19.2 Å². The van der Waals surface area contributed by atoms with E-state index in [2.05, 4.69) is 38.0 Å². The molecule has 1 saturated heterocycles. The molecule has 0 spiro atoms. The fourth-order valence-corrected chi connectivity index (χ4v) is 3.73. The second-order valence-corrected chi connectivity index (χ2v) is 8.76. The number of nitrogens with one attached hydrogen (secondary N) is 1. The molecule has 0 radical (unpaired) electrons. The van der Waals surface area contributed by atoms with Crippen molar-refractivity contribution in [3.63, 3.8) is 0 Å². The number of hydrogen-bond donors (Lipinski definition) is 2. The molecule has 3 N–H and O–H groups in total. The van der Waals surface area contributed by atoms with E-state index in [9.17, 15) is 19.2 Å². The fourth-order valence-electron chi connectivity index (χ4n) is 2.57. The van der Waals surface area contributed by atoms with Crippen LogP contribution in [0.5, 0.6) is 0 Å². The molecule has 1 rings (SSSR count). The van der Waals surface area contributed by atoms with Gasteiger partial charge in [-0.3, -0.25) is 19.7 Å². The lowest BCUT2D eigenvalue weighted by molar-refractivity contribution is -0.125. The van der Waals surface area contributed by atoms with Crippen LogP contribution >= 0.6 is 11.8 Å². The van der Waals surface area contributed by atoms with Crippen LogP contribution in [0, 0.1) is 5.41 Å². The summed E-state index contributed by atoms with van der Waals surface area (Å²) in [6.07, 6.45) is 0.867.